The van der Waals surface area contributed by atoms with Gasteiger partial charge in [0.25, 0.3) is 0 Å². The van der Waals surface area contributed by atoms with Gasteiger partial charge in [0.1, 0.15) is 0 Å². The number of halogens is 2. The van der Waals surface area contributed by atoms with Crippen molar-refractivity contribution in [3.63, 3.8) is 0 Å². The molecule has 0 bridgehead atoms. The largest absolute Gasteiger partial charge is 0.324 e. The molecule has 0 fully saturated rings. The molecular weight excluding hydrogens is 277 g/mol. The molecule has 1 atom stereocenters. The Balaban J connectivity index is 2.22. The fraction of sp³-hybridized carbons (Fsp3) is 0.250. The van der Waals surface area contributed by atoms with Gasteiger partial charge < -0.3 is 5.73 Å². The van der Waals surface area contributed by atoms with Gasteiger partial charge in [-0.2, -0.15) is 0 Å². The number of hydrogen-bond donors (Lipinski definition) is 1. The van der Waals surface area contributed by atoms with Crippen LogP contribution in [0.4, 0.5) is 0 Å². The molecule has 0 spiro atoms. The third-order valence-corrected chi connectivity index (χ3v) is 3.49. The van der Waals surface area contributed by atoms with E-state index >= 15 is 0 Å². The molecule has 0 aliphatic carbocycles. The monoisotopic (exact) mass is 293 g/mol. The molecule has 0 radical (unpaired) electrons. The molecule has 0 saturated carbocycles. The summed E-state index contributed by atoms with van der Waals surface area (Å²) in [5, 5.41) is 1.25. The highest BCUT2D eigenvalue weighted by atomic mass is 35.5. The number of rotatable bonds is 3. The van der Waals surface area contributed by atoms with Gasteiger partial charge in [-0.3, -0.25) is 0 Å². The summed E-state index contributed by atoms with van der Waals surface area (Å²) in [7, 11) is 0. The van der Waals surface area contributed by atoms with E-state index in [1.165, 1.54) is 16.7 Å². The first-order valence-electron chi connectivity index (χ1n) is 6.23. The van der Waals surface area contributed by atoms with Gasteiger partial charge in [0.15, 0.2) is 0 Å². The summed E-state index contributed by atoms with van der Waals surface area (Å²) in [6.45, 7) is 4.19. The highest BCUT2D eigenvalue weighted by molar-refractivity contribution is 6.34. The van der Waals surface area contributed by atoms with Crippen molar-refractivity contribution in [2.24, 2.45) is 5.73 Å². The topological polar surface area (TPSA) is 26.0 Å². The molecule has 2 aromatic carbocycles. The normalized spacial score (nSPS) is 12.5. The minimum Gasteiger partial charge on any atom is -0.324 e. The second kappa shape index (κ2) is 5.96. The predicted molar refractivity (Wildman–Crippen MR) is 83.0 cm³/mol. The molecule has 0 aliphatic heterocycles. The number of aryl methyl sites for hydroxylation is 2. The fourth-order valence-corrected chi connectivity index (χ4v) is 2.89. The van der Waals surface area contributed by atoms with Crippen LogP contribution in [0.15, 0.2) is 36.4 Å². The van der Waals surface area contributed by atoms with E-state index in [0.717, 1.165) is 12.0 Å². The van der Waals surface area contributed by atoms with Gasteiger partial charge in [-0.05, 0) is 49.6 Å². The van der Waals surface area contributed by atoms with Crippen LogP contribution in [-0.2, 0) is 6.42 Å². The molecule has 2 N–H and O–H groups in total. The molecule has 3 heteroatoms. The molecule has 19 heavy (non-hydrogen) atoms. The second-order valence-corrected chi connectivity index (χ2v) is 5.88. The van der Waals surface area contributed by atoms with Crippen LogP contribution in [0.1, 0.15) is 28.3 Å². The highest BCUT2D eigenvalue weighted by Crippen LogP contribution is 2.25. The van der Waals surface area contributed by atoms with E-state index < -0.39 is 0 Å². The molecule has 0 aliphatic rings. The molecule has 1 nitrogen and oxygen atoms in total. The Morgan fingerprint density at radius 3 is 1.95 bits per heavy atom. The van der Waals surface area contributed by atoms with Crippen LogP contribution in [0.25, 0.3) is 0 Å². The molecule has 0 heterocycles. The summed E-state index contributed by atoms with van der Waals surface area (Å²) in [5.74, 6) is 0. The van der Waals surface area contributed by atoms with Gasteiger partial charge >= 0.3 is 0 Å². The van der Waals surface area contributed by atoms with Crippen LogP contribution in [0, 0.1) is 13.8 Å². The Labute approximate surface area is 124 Å². The molecule has 1 unspecified atom stereocenters. The molecule has 0 amide bonds. The highest BCUT2D eigenvalue weighted by Gasteiger charge is 2.09. The zero-order valence-corrected chi connectivity index (χ0v) is 12.6. The van der Waals surface area contributed by atoms with Gasteiger partial charge in [0.2, 0.25) is 0 Å². The zero-order valence-electron chi connectivity index (χ0n) is 11.1. The van der Waals surface area contributed by atoms with E-state index in [2.05, 4.69) is 32.0 Å². The van der Waals surface area contributed by atoms with Gasteiger partial charge in [-0.15, -0.1) is 0 Å². The number of nitrogens with two attached hydrogens (primary N) is 1. The first kappa shape index (κ1) is 14.4. The van der Waals surface area contributed by atoms with Gasteiger partial charge in [0, 0.05) is 16.1 Å². The summed E-state index contributed by atoms with van der Waals surface area (Å²) < 4.78 is 0. The van der Waals surface area contributed by atoms with Crippen molar-refractivity contribution in [2.45, 2.75) is 26.3 Å². The van der Waals surface area contributed by atoms with Crippen LogP contribution in [0.5, 0.6) is 0 Å². The van der Waals surface area contributed by atoms with Crippen LogP contribution in [-0.4, -0.2) is 0 Å². The molecule has 2 aromatic rings. The minimum atomic E-state index is -0.0996. The van der Waals surface area contributed by atoms with Crippen LogP contribution < -0.4 is 5.73 Å². The van der Waals surface area contributed by atoms with Gasteiger partial charge in [-0.25, -0.2) is 0 Å². The van der Waals surface area contributed by atoms with Crippen molar-refractivity contribution in [1.82, 2.24) is 0 Å². The maximum atomic E-state index is 6.25. The lowest BCUT2D eigenvalue weighted by molar-refractivity contribution is 0.721. The minimum absolute atomic E-state index is 0.0996. The van der Waals surface area contributed by atoms with Crippen molar-refractivity contribution in [2.75, 3.05) is 0 Å². The average Bonchev–Trinajstić information content (AvgIpc) is 2.25. The maximum absolute atomic E-state index is 6.25. The lowest BCUT2D eigenvalue weighted by Gasteiger charge is -2.14. The first-order valence-corrected chi connectivity index (χ1v) is 6.98. The summed E-state index contributed by atoms with van der Waals surface area (Å²) in [5.41, 5.74) is 11.0. The fourth-order valence-electron chi connectivity index (χ4n) is 2.35. The molecule has 0 aromatic heterocycles. The van der Waals surface area contributed by atoms with Crippen molar-refractivity contribution in [3.8, 4) is 0 Å². The Morgan fingerprint density at radius 2 is 1.42 bits per heavy atom. The SMILES string of the molecule is Cc1cc(C)cc(CC(N)c2cc(Cl)cc(Cl)c2)c1. The summed E-state index contributed by atoms with van der Waals surface area (Å²) >= 11 is 12.0. The first-order chi connectivity index (χ1) is 8.94. The lowest BCUT2D eigenvalue weighted by atomic mass is 9.97. The molecule has 100 valence electrons. The molecule has 2 rings (SSSR count). The van der Waals surface area contributed by atoms with Crippen molar-refractivity contribution in [1.29, 1.82) is 0 Å². The Kier molecular flexibility index (Phi) is 4.51. The average molecular weight is 294 g/mol. The number of hydrogen-bond acceptors (Lipinski definition) is 1. The predicted octanol–water partition coefficient (Wildman–Crippen LogP) is 4.85. The van der Waals surface area contributed by atoms with Gasteiger partial charge in [-0.1, -0.05) is 52.5 Å². The lowest BCUT2D eigenvalue weighted by Crippen LogP contribution is -2.13. The summed E-state index contributed by atoms with van der Waals surface area (Å²) in [4.78, 5) is 0. The maximum Gasteiger partial charge on any atom is 0.0424 e. The Bertz CT molecular complexity index is 553. The quantitative estimate of drug-likeness (QED) is 0.860. The van der Waals surface area contributed by atoms with Crippen LogP contribution in [0.2, 0.25) is 10.0 Å². The van der Waals surface area contributed by atoms with E-state index in [0.29, 0.717) is 10.0 Å². The zero-order chi connectivity index (χ0) is 14.0. The Hall–Kier alpha value is -1.02. The summed E-state index contributed by atoms with van der Waals surface area (Å²) in [6.07, 6.45) is 0.777. The third-order valence-electron chi connectivity index (χ3n) is 3.05. The molecule has 0 saturated heterocycles. The third kappa shape index (κ3) is 3.97. The van der Waals surface area contributed by atoms with E-state index in [9.17, 15) is 0 Å². The van der Waals surface area contributed by atoms with E-state index in [1.807, 2.05) is 12.1 Å². The standard InChI is InChI=1S/C16H17Cl2N/c1-10-3-11(2)5-12(4-10)6-16(19)13-7-14(17)9-15(18)8-13/h3-5,7-9,16H,6,19H2,1-2H3. The van der Waals surface area contributed by atoms with Crippen LogP contribution in [0.3, 0.4) is 0 Å². The molecular formula is C16H17Cl2N. The van der Waals surface area contributed by atoms with E-state index in [4.69, 9.17) is 28.9 Å². The van der Waals surface area contributed by atoms with Crippen molar-refractivity contribution < 1.29 is 0 Å². The smallest absolute Gasteiger partial charge is 0.0424 e. The van der Waals surface area contributed by atoms with E-state index in [1.54, 1.807) is 6.07 Å². The van der Waals surface area contributed by atoms with Crippen molar-refractivity contribution in [3.05, 3.63) is 68.7 Å². The van der Waals surface area contributed by atoms with E-state index in [-0.39, 0.29) is 6.04 Å². The van der Waals surface area contributed by atoms with Gasteiger partial charge in [0.05, 0.1) is 0 Å². The van der Waals surface area contributed by atoms with Crippen molar-refractivity contribution >= 4 is 23.2 Å². The number of benzene rings is 2. The Morgan fingerprint density at radius 1 is 0.895 bits per heavy atom. The second-order valence-electron chi connectivity index (χ2n) is 5.01. The van der Waals surface area contributed by atoms with Crippen LogP contribution >= 0.6 is 23.2 Å². The summed E-state index contributed by atoms with van der Waals surface area (Å²) in [6, 6.07) is 11.9.